The minimum atomic E-state index is -0.980. The van der Waals surface area contributed by atoms with Crippen molar-refractivity contribution in [2.45, 2.75) is 25.4 Å². The smallest absolute Gasteiger partial charge is 0.326 e. The number of aromatic amines is 1. The zero-order chi connectivity index (χ0) is 17.6. The summed E-state index contributed by atoms with van der Waals surface area (Å²) >= 11 is 0. The van der Waals surface area contributed by atoms with Crippen molar-refractivity contribution in [1.82, 2.24) is 9.88 Å². The average molecular weight is 334 g/mol. The number of amides is 1. The van der Waals surface area contributed by atoms with Crippen molar-refractivity contribution in [1.29, 1.82) is 0 Å². The van der Waals surface area contributed by atoms with E-state index < -0.39 is 18.1 Å². The van der Waals surface area contributed by atoms with Crippen molar-refractivity contribution in [2.75, 3.05) is 0 Å². The van der Waals surface area contributed by atoms with Crippen LogP contribution in [0.1, 0.15) is 29.8 Å². The van der Waals surface area contributed by atoms with Gasteiger partial charge < -0.3 is 15.0 Å². The normalized spacial score (nSPS) is 19.6. The molecule has 25 heavy (non-hydrogen) atoms. The van der Waals surface area contributed by atoms with Crippen LogP contribution in [0.15, 0.2) is 54.6 Å². The van der Waals surface area contributed by atoms with Crippen LogP contribution in [0, 0.1) is 0 Å². The Morgan fingerprint density at radius 3 is 2.44 bits per heavy atom. The highest BCUT2D eigenvalue weighted by molar-refractivity contribution is 5.89. The second-order valence-electron chi connectivity index (χ2n) is 6.36. The summed E-state index contributed by atoms with van der Waals surface area (Å²) in [5.74, 6) is -1.22. The molecule has 0 spiro atoms. The van der Waals surface area contributed by atoms with Crippen molar-refractivity contribution in [3.8, 4) is 0 Å². The lowest BCUT2D eigenvalue weighted by Gasteiger charge is -2.39. The summed E-state index contributed by atoms with van der Waals surface area (Å²) < 4.78 is 0. The van der Waals surface area contributed by atoms with E-state index in [0.717, 1.165) is 27.7 Å². The molecule has 2 atom stereocenters. The molecular weight excluding hydrogens is 316 g/mol. The van der Waals surface area contributed by atoms with Crippen molar-refractivity contribution in [3.05, 3.63) is 71.4 Å². The lowest BCUT2D eigenvalue weighted by Crippen LogP contribution is -2.50. The highest BCUT2D eigenvalue weighted by Gasteiger charge is 2.42. The second-order valence-corrected chi connectivity index (χ2v) is 6.36. The Hall–Kier alpha value is -3.08. The van der Waals surface area contributed by atoms with Gasteiger partial charge in [0, 0.05) is 29.9 Å². The van der Waals surface area contributed by atoms with E-state index in [1.807, 2.05) is 54.6 Å². The van der Waals surface area contributed by atoms with E-state index in [1.54, 1.807) is 0 Å². The summed E-state index contributed by atoms with van der Waals surface area (Å²) in [5.41, 5.74) is 3.74. The molecular formula is C20H18N2O3. The molecule has 5 heteroatoms. The molecule has 4 rings (SSSR count). The van der Waals surface area contributed by atoms with Gasteiger partial charge in [-0.1, -0.05) is 48.5 Å². The number of carboxylic acid groups (broad SMARTS) is 1. The monoisotopic (exact) mass is 334 g/mol. The van der Waals surface area contributed by atoms with Crippen LogP contribution in [0.5, 0.6) is 0 Å². The highest BCUT2D eigenvalue weighted by atomic mass is 16.4. The molecule has 2 aromatic carbocycles. The predicted molar refractivity (Wildman–Crippen MR) is 94.2 cm³/mol. The number of hydrogen-bond donors (Lipinski definition) is 2. The van der Waals surface area contributed by atoms with Gasteiger partial charge >= 0.3 is 5.97 Å². The van der Waals surface area contributed by atoms with E-state index >= 15 is 0 Å². The van der Waals surface area contributed by atoms with Crippen molar-refractivity contribution in [3.63, 3.8) is 0 Å². The standard InChI is InChI=1S/C20H18N2O3/c1-12(23)22-17(20(24)25)11-15-14-9-5-6-10-16(14)21-18(15)19(22)13-7-3-2-4-8-13/h2-10,17,19,21H,11H2,1H3,(H,24,25)/t17-,19+/m1/s1. The number of H-pyrrole nitrogens is 1. The van der Waals surface area contributed by atoms with Crippen LogP contribution in [0.4, 0.5) is 0 Å². The highest BCUT2D eigenvalue weighted by Crippen LogP contribution is 2.40. The van der Waals surface area contributed by atoms with E-state index in [-0.39, 0.29) is 5.91 Å². The molecule has 126 valence electrons. The van der Waals surface area contributed by atoms with Gasteiger partial charge in [-0.15, -0.1) is 0 Å². The van der Waals surface area contributed by atoms with Crippen molar-refractivity contribution in [2.24, 2.45) is 0 Å². The number of aromatic nitrogens is 1. The maximum Gasteiger partial charge on any atom is 0.326 e. The number of carbonyl (C=O) groups excluding carboxylic acids is 1. The first-order valence-corrected chi connectivity index (χ1v) is 8.24. The number of nitrogens with zero attached hydrogens (tertiary/aromatic N) is 1. The van der Waals surface area contributed by atoms with Gasteiger partial charge in [-0.25, -0.2) is 4.79 Å². The summed E-state index contributed by atoms with van der Waals surface area (Å²) in [6.07, 6.45) is 0.303. The van der Waals surface area contributed by atoms with Gasteiger partial charge in [0.25, 0.3) is 0 Å². The minimum Gasteiger partial charge on any atom is -0.480 e. The summed E-state index contributed by atoms with van der Waals surface area (Å²) in [6.45, 7) is 1.43. The molecule has 0 aliphatic carbocycles. The second kappa shape index (κ2) is 5.77. The van der Waals surface area contributed by atoms with Crippen LogP contribution in [0.3, 0.4) is 0 Å². The first-order chi connectivity index (χ1) is 12.1. The van der Waals surface area contributed by atoms with E-state index in [0.29, 0.717) is 6.42 Å². The van der Waals surface area contributed by atoms with Crippen LogP contribution in [0.25, 0.3) is 10.9 Å². The van der Waals surface area contributed by atoms with E-state index in [2.05, 4.69) is 4.98 Å². The van der Waals surface area contributed by atoms with Crippen molar-refractivity contribution >= 4 is 22.8 Å². The van der Waals surface area contributed by atoms with Gasteiger partial charge in [-0.2, -0.15) is 0 Å². The number of aliphatic carboxylic acids is 1. The Kier molecular flexibility index (Phi) is 3.57. The number of carbonyl (C=O) groups is 2. The van der Waals surface area contributed by atoms with Crippen LogP contribution in [-0.4, -0.2) is 32.9 Å². The van der Waals surface area contributed by atoms with Gasteiger partial charge in [0.1, 0.15) is 6.04 Å². The molecule has 2 heterocycles. The molecule has 0 fully saturated rings. The quantitative estimate of drug-likeness (QED) is 0.756. The number of benzene rings is 2. The maximum absolute atomic E-state index is 12.4. The predicted octanol–water partition coefficient (Wildman–Crippen LogP) is 3.12. The molecule has 0 radical (unpaired) electrons. The number of para-hydroxylation sites is 1. The van der Waals surface area contributed by atoms with Crippen LogP contribution in [0.2, 0.25) is 0 Å². The first kappa shape index (κ1) is 15.4. The topological polar surface area (TPSA) is 73.4 Å². The maximum atomic E-state index is 12.4. The number of fused-ring (bicyclic) bond motifs is 3. The third-order valence-electron chi connectivity index (χ3n) is 4.90. The lowest BCUT2D eigenvalue weighted by molar-refractivity contribution is -0.151. The fourth-order valence-corrected chi connectivity index (χ4v) is 3.86. The molecule has 2 N–H and O–H groups in total. The third kappa shape index (κ3) is 2.39. The number of nitrogens with one attached hydrogen (secondary N) is 1. The lowest BCUT2D eigenvalue weighted by atomic mass is 9.88. The Morgan fingerprint density at radius 1 is 1.08 bits per heavy atom. The molecule has 0 saturated carbocycles. The fraction of sp³-hybridized carbons (Fsp3) is 0.200. The van der Waals surface area contributed by atoms with E-state index in [1.165, 1.54) is 11.8 Å². The Labute approximate surface area is 144 Å². The Balaban J connectivity index is 2.00. The largest absolute Gasteiger partial charge is 0.480 e. The Bertz CT molecular complexity index is 961. The number of rotatable bonds is 2. The summed E-state index contributed by atoms with van der Waals surface area (Å²) in [4.78, 5) is 29.2. The van der Waals surface area contributed by atoms with Gasteiger partial charge in [0.15, 0.2) is 0 Å². The zero-order valence-corrected chi connectivity index (χ0v) is 13.8. The third-order valence-corrected chi connectivity index (χ3v) is 4.90. The van der Waals surface area contributed by atoms with Gasteiger partial charge in [-0.05, 0) is 17.2 Å². The molecule has 0 bridgehead atoms. The first-order valence-electron chi connectivity index (χ1n) is 8.24. The Morgan fingerprint density at radius 2 is 1.76 bits per heavy atom. The zero-order valence-electron chi connectivity index (χ0n) is 13.8. The molecule has 3 aromatic rings. The van der Waals surface area contributed by atoms with E-state index in [4.69, 9.17) is 0 Å². The summed E-state index contributed by atoms with van der Waals surface area (Å²) in [6, 6.07) is 16.1. The SMILES string of the molecule is CC(=O)N1[C@@H](c2ccccc2)c2[nH]c3ccccc3c2C[C@@H]1C(=O)O. The molecule has 0 saturated heterocycles. The average Bonchev–Trinajstić information content (AvgIpc) is 2.99. The molecule has 5 nitrogen and oxygen atoms in total. The van der Waals surface area contributed by atoms with E-state index in [9.17, 15) is 14.7 Å². The molecule has 1 amide bonds. The minimum absolute atomic E-state index is 0.245. The van der Waals surface area contributed by atoms with Crippen LogP contribution < -0.4 is 0 Å². The van der Waals surface area contributed by atoms with Gasteiger partial charge in [0.05, 0.1) is 6.04 Å². The summed E-state index contributed by atoms with van der Waals surface area (Å²) in [5, 5.41) is 10.8. The summed E-state index contributed by atoms with van der Waals surface area (Å²) in [7, 11) is 0. The van der Waals surface area contributed by atoms with Crippen LogP contribution >= 0.6 is 0 Å². The number of hydrogen-bond acceptors (Lipinski definition) is 2. The van der Waals surface area contributed by atoms with Gasteiger partial charge in [-0.3, -0.25) is 4.79 Å². The van der Waals surface area contributed by atoms with Crippen LogP contribution in [-0.2, 0) is 16.0 Å². The fourth-order valence-electron chi connectivity index (χ4n) is 3.86. The van der Waals surface area contributed by atoms with Crippen molar-refractivity contribution < 1.29 is 14.7 Å². The van der Waals surface area contributed by atoms with Gasteiger partial charge in [0.2, 0.25) is 5.91 Å². The number of carboxylic acids is 1. The molecule has 1 aliphatic rings. The molecule has 0 unspecified atom stereocenters. The molecule has 1 aromatic heterocycles. The molecule has 1 aliphatic heterocycles.